The molecule has 0 aliphatic carbocycles. The van der Waals surface area contributed by atoms with Crippen molar-refractivity contribution >= 4 is 11.6 Å². The summed E-state index contributed by atoms with van der Waals surface area (Å²) in [4.78, 5) is 24.3. The number of amides is 1. The first-order valence-corrected chi connectivity index (χ1v) is 7.23. The molecule has 1 amide bonds. The Kier molecular flexibility index (Phi) is 5.27. The van der Waals surface area contributed by atoms with Gasteiger partial charge >= 0.3 is 0 Å². The number of nitro benzene ring substituents is 1. The van der Waals surface area contributed by atoms with Gasteiger partial charge in [-0.1, -0.05) is 12.1 Å². The smallest absolute Gasteiger partial charge is 0.269 e. The van der Waals surface area contributed by atoms with Crippen LogP contribution >= 0.6 is 0 Å². The van der Waals surface area contributed by atoms with E-state index in [4.69, 9.17) is 0 Å². The Morgan fingerprint density at radius 3 is 2.52 bits per heavy atom. The van der Waals surface area contributed by atoms with Crippen LogP contribution in [0.5, 0.6) is 0 Å². The highest BCUT2D eigenvalue weighted by atomic mass is 16.6. The quantitative estimate of drug-likeness (QED) is 0.660. The van der Waals surface area contributed by atoms with Crippen LogP contribution in [0.2, 0.25) is 0 Å². The normalized spacial score (nSPS) is 16.6. The number of nitro groups is 1. The van der Waals surface area contributed by atoms with Crippen molar-refractivity contribution in [2.75, 3.05) is 26.7 Å². The third kappa shape index (κ3) is 4.82. The standard InChI is InChI=1S/C15H21N3O3/c1-17-8-6-13(7-9-17)11-16-15(19)10-12-2-4-14(5-3-12)18(20)21/h2-5,13H,6-11H2,1H3,(H,16,19). The third-order valence-electron chi connectivity index (χ3n) is 3.94. The number of nitrogens with zero attached hydrogens (tertiary/aromatic N) is 2. The maximum absolute atomic E-state index is 11.9. The van der Waals surface area contributed by atoms with Crippen molar-refractivity contribution in [3.63, 3.8) is 0 Å². The van der Waals surface area contributed by atoms with Gasteiger partial charge in [-0.15, -0.1) is 0 Å². The van der Waals surface area contributed by atoms with Gasteiger partial charge in [0.15, 0.2) is 0 Å². The molecule has 1 N–H and O–H groups in total. The number of hydrogen-bond donors (Lipinski definition) is 1. The second-order valence-electron chi connectivity index (χ2n) is 5.65. The number of piperidine rings is 1. The average molecular weight is 291 g/mol. The zero-order chi connectivity index (χ0) is 15.2. The van der Waals surface area contributed by atoms with Crippen LogP contribution in [-0.4, -0.2) is 42.4 Å². The van der Waals surface area contributed by atoms with Gasteiger partial charge in [0.25, 0.3) is 5.69 Å². The lowest BCUT2D eigenvalue weighted by Crippen LogP contribution is -2.37. The van der Waals surface area contributed by atoms with Crippen LogP contribution in [0.4, 0.5) is 5.69 Å². The van der Waals surface area contributed by atoms with Gasteiger partial charge in [-0.05, 0) is 44.5 Å². The molecule has 1 aromatic carbocycles. The SMILES string of the molecule is CN1CCC(CNC(=O)Cc2ccc([N+](=O)[O-])cc2)CC1. The van der Waals surface area contributed by atoms with Gasteiger partial charge in [0, 0.05) is 18.7 Å². The van der Waals surface area contributed by atoms with Gasteiger partial charge in [0.1, 0.15) is 0 Å². The fourth-order valence-electron chi connectivity index (χ4n) is 2.51. The monoisotopic (exact) mass is 291 g/mol. The maximum Gasteiger partial charge on any atom is 0.269 e. The predicted octanol–water partition coefficient (Wildman–Crippen LogP) is 1.60. The zero-order valence-corrected chi connectivity index (χ0v) is 12.2. The number of benzene rings is 1. The molecule has 1 saturated heterocycles. The van der Waals surface area contributed by atoms with E-state index in [1.165, 1.54) is 12.1 Å². The minimum absolute atomic E-state index is 0.0252. The van der Waals surface area contributed by atoms with Gasteiger partial charge in [-0.3, -0.25) is 14.9 Å². The van der Waals surface area contributed by atoms with Gasteiger partial charge in [-0.25, -0.2) is 0 Å². The van der Waals surface area contributed by atoms with Crippen LogP contribution in [0.3, 0.4) is 0 Å². The zero-order valence-electron chi connectivity index (χ0n) is 12.2. The van der Waals surface area contributed by atoms with E-state index in [-0.39, 0.29) is 18.0 Å². The molecule has 6 nitrogen and oxygen atoms in total. The second kappa shape index (κ2) is 7.17. The summed E-state index contributed by atoms with van der Waals surface area (Å²) in [5, 5.41) is 13.5. The molecule has 1 aliphatic rings. The maximum atomic E-state index is 11.9. The molecule has 0 saturated carbocycles. The summed E-state index contributed by atoms with van der Waals surface area (Å²) in [6.45, 7) is 2.89. The molecule has 1 aromatic rings. The Labute approximate surface area is 124 Å². The Morgan fingerprint density at radius 1 is 1.33 bits per heavy atom. The third-order valence-corrected chi connectivity index (χ3v) is 3.94. The minimum atomic E-state index is -0.441. The Morgan fingerprint density at radius 2 is 1.95 bits per heavy atom. The lowest BCUT2D eigenvalue weighted by molar-refractivity contribution is -0.384. The molecule has 6 heteroatoms. The molecule has 0 spiro atoms. The molecule has 0 aromatic heterocycles. The summed E-state index contributed by atoms with van der Waals surface area (Å²) in [6.07, 6.45) is 2.51. The average Bonchev–Trinajstić information content (AvgIpc) is 2.47. The molecule has 0 radical (unpaired) electrons. The van der Waals surface area contributed by atoms with Crippen molar-refractivity contribution in [1.82, 2.24) is 10.2 Å². The van der Waals surface area contributed by atoms with Crippen LogP contribution in [0.1, 0.15) is 18.4 Å². The molecular weight excluding hydrogens is 270 g/mol. The van der Waals surface area contributed by atoms with Crippen LogP contribution in [0.25, 0.3) is 0 Å². The largest absolute Gasteiger partial charge is 0.356 e. The molecule has 1 fully saturated rings. The molecular formula is C15H21N3O3. The first kappa shape index (κ1) is 15.4. The van der Waals surface area contributed by atoms with E-state index in [1.54, 1.807) is 12.1 Å². The van der Waals surface area contributed by atoms with Crippen molar-refractivity contribution in [2.45, 2.75) is 19.3 Å². The topological polar surface area (TPSA) is 75.5 Å². The molecule has 1 heterocycles. The number of rotatable bonds is 5. The van der Waals surface area contributed by atoms with Crippen molar-refractivity contribution in [3.05, 3.63) is 39.9 Å². The summed E-state index contributed by atoms with van der Waals surface area (Å²) in [5.41, 5.74) is 0.840. The minimum Gasteiger partial charge on any atom is -0.356 e. The molecule has 0 unspecified atom stereocenters. The summed E-state index contributed by atoms with van der Waals surface area (Å²) < 4.78 is 0. The number of nitrogens with one attached hydrogen (secondary N) is 1. The summed E-state index contributed by atoms with van der Waals surface area (Å²) in [6, 6.07) is 6.12. The first-order chi connectivity index (χ1) is 10.0. The Hall–Kier alpha value is -1.95. The lowest BCUT2D eigenvalue weighted by atomic mass is 9.97. The van der Waals surface area contributed by atoms with E-state index in [2.05, 4.69) is 17.3 Å². The van der Waals surface area contributed by atoms with E-state index in [0.717, 1.165) is 38.0 Å². The molecule has 0 bridgehead atoms. The Bertz CT molecular complexity index is 493. The molecule has 114 valence electrons. The van der Waals surface area contributed by atoms with Crippen molar-refractivity contribution < 1.29 is 9.72 Å². The van der Waals surface area contributed by atoms with Crippen LogP contribution in [0.15, 0.2) is 24.3 Å². The summed E-state index contributed by atoms with van der Waals surface area (Å²) in [7, 11) is 2.11. The van der Waals surface area contributed by atoms with Crippen molar-refractivity contribution in [3.8, 4) is 0 Å². The van der Waals surface area contributed by atoms with E-state index < -0.39 is 4.92 Å². The predicted molar refractivity (Wildman–Crippen MR) is 80.0 cm³/mol. The first-order valence-electron chi connectivity index (χ1n) is 7.23. The number of likely N-dealkylation sites (tertiary alicyclic amines) is 1. The van der Waals surface area contributed by atoms with Gasteiger partial charge in [0.05, 0.1) is 11.3 Å². The summed E-state index contributed by atoms with van der Waals surface area (Å²) in [5.74, 6) is 0.532. The van der Waals surface area contributed by atoms with Gasteiger partial charge < -0.3 is 10.2 Å². The van der Waals surface area contributed by atoms with E-state index in [0.29, 0.717) is 5.92 Å². The number of carbonyl (C=O) groups is 1. The van der Waals surface area contributed by atoms with E-state index >= 15 is 0 Å². The molecule has 0 atom stereocenters. The molecule has 21 heavy (non-hydrogen) atoms. The highest BCUT2D eigenvalue weighted by Crippen LogP contribution is 2.15. The fourth-order valence-corrected chi connectivity index (χ4v) is 2.51. The van der Waals surface area contributed by atoms with Crippen LogP contribution in [-0.2, 0) is 11.2 Å². The number of hydrogen-bond acceptors (Lipinski definition) is 4. The van der Waals surface area contributed by atoms with E-state index in [1.807, 2.05) is 0 Å². The molecule has 1 aliphatic heterocycles. The van der Waals surface area contributed by atoms with Crippen LogP contribution in [0, 0.1) is 16.0 Å². The highest BCUT2D eigenvalue weighted by molar-refractivity contribution is 5.78. The second-order valence-corrected chi connectivity index (χ2v) is 5.65. The van der Waals surface area contributed by atoms with Gasteiger partial charge in [0.2, 0.25) is 5.91 Å². The number of non-ortho nitro benzene ring substituents is 1. The van der Waals surface area contributed by atoms with Crippen LogP contribution < -0.4 is 5.32 Å². The number of carbonyl (C=O) groups excluding carboxylic acids is 1. The summed E-state index contributed by atoms with van der Waals surface area (Å²) >= 11 is 0. The molecule has 2 rings (SSSR count). The lowest BCUT2D eigenvalue weighted by Gasteiger charge is -2.28. The van der Waals surface area contributed by atoms with Crippen molar-refractivity contribution in [2.24, 2.45) is 5.92 Å². The Balaban J connectivity index is 1.75. The van der Waals surface area contributed by atoms with Crippen molar-refractivity contribution in [1.29, 1.82) is 0 Å². The van der Waals surface area contributed by atoms with Gasteiger partial charge in [-0.2, -0.15) is 0 Å². The van der Waals surface area contributed by atoms with E-state index in [9.17, 15) is 14.9 Å². The fraction of sp³-hybridized carbons (Fsp3) is 0.533. The highest BCUT2D eigenvalue weighted by Gasteiger charge is 2.17.